The molecule has 0 spiro atoms. The van der Waals surface area contributed by atoms with Gasteiger partial charge in [0.25, 0.3) is 5.91 Å². The molecule has 1 amide bonds. The molecule has 82 valence electrons. The summed E-state index contributed by atoms with van der Waals surface area (Å²) in [5.74, 6) is -0.616. The van der Waals surface area contributed by atoms with Crippen molar-refractivity contribution in [3.05, 3.63) is 41.8 Å². The highest BCUT2D eigenvalue weighted by molar-refractivity contribution is 6.04. The molecule has 0 aliphatic heterocycles. The van der Waals surface area contributed by atoms with E-state index in [2.05, 4.69) is 15.5 Å². The largest absolute Gasteiger partial charge is 0.394 e. The SMILES string of the molecule is Nc1cn[nH]c1NC(=O)c1cccc(F)c1. The monoisotopic (exact) mass is 220 g/mol. The van der Waals surface area contributed by atoms with Crippen LogP contribution in [0.2, 0.25) is 0 Å². The third kappa shape index (κ3) is 2.00. The molecule has 5 nitrogen and oxygen atoms in total. The molecule has 0 bridgehead atoms. The van der Waals surface area contributed by atoms with Crippen LogP contribution in [-0.4, -0.2) is 16.1 Å². The average Bonchev–Trinajstić information content (AvgIpc) is 2.64. The van der Waals surface area contributed by atoms with Crippen LogP contribution in [0.5, 0.6) is 0 Å². The third-order valence-corrected chi connectivity index (χ3v) is 1.99. The van der Waals surface area contributed by atoms with Crippen LogP contribution in [0.1, 0.15) is 10.4 Å². The van der Waals surface area contributed by atoms with E-state index in [4.69, 9.17) is 5.73 Å². The predicted molar refractivity (Wildman–Crippen MR) is 57.4 cm³/mol. The zero-order valence-corrected chi connectivity index (χ0v) is 8.20. The van der Waals surface area contributed by atoms with Crippen LogP contribution in [0.3, 0.4) is 0 Å². The zero-order chi connectivity index (χ0) is 11.5. The van der Waals surface area contributed by atoms with Crippen LogP contribution in [0.15, 0.2) is 30.5 Å². The molecular weight excluding hydrogens is 211 g/mol. The maximum Gasteiger partial charge on any atom is 0.256 e. The first-order valence-corrected chi connectivity index (χ1v) is 4.52. The van der Waals surface area contributed by atoms with Gasteiger partial charge in [0.1, 0.15) is 5.82 Å². The number of hydrogen-bond donors (Lipinski definition) is 3. The van der Waals surface area contributed by atoms with Crippen molar-refractivity contribution >= 4 is 17.4 Å². The Labute approximate surface area is 90.5 Å². The van der Waals surface area contributed by atoms with Crippen molar-refractivity contribution < 1.29 is 9.18 Å². The predicted octanol–water partition coefficient (Wildman–Crippen LogP) is 1.38. The summed E-state index contributed by atoms with van der Waals surface area (Å²) in [4.78, 5) is 11.6. The zero-order valence-electron chi connectivity index (χ0n) is 8.20. The second-order valence-electron chi connectivity index (χ2n) is 3.16. The lowest BCUT2D eigenvalue weighted by atomic mass is 10.2. The second kappa shape index (κ2) is 4.01. The van der Waals surface area contributed by atoms with E-state index >= 15 is 0 Å². The minimum absolute atomic E-state index is 0.217. The number of aromatic amines is 1. The minimum atomic E-state index is -0.467. The standard InChI is InChI=1S/C10H9FN4O/c11-7-3-1-2-6(4-7)10(16)14-9-8(12)5-13-15-9/h1-5H,12H2,(H2,13,14,15,16). The summed E-state index contributed by atoms with van der Waals surface area (Å²) in [5.41, 5.74) is 6.05. The summed E-state index contributed by atoms with van der Waals surface area (Å²) in [6.45, 7) is 0. The molecule has 2 rings (SSSR count). The van der Waals surface area contributed by atoms with E-state index in [9.17, 15) is 9.18 Å². The summed E-state index contributed by atoms with van der Waals surface area (Å²) in [7, 11) is 0. The van der Waals surface area contributed by atoms with Crippen molar-refractivity contribution in [3.63, 3.8) is 0 Å². The molecule has 1 aromatic carbocycles. The Morgan fingerprint density at radius 2 is 2.31 bits per heavy atom. The summed E-state index contributed by atoms with van der Waals surface area (Å²) in [6, 6.07) is 5.37. The number of rotatable bonds is 2. The van der Waals surface area contributed by atoms with Gasteiger partial charge < -0.3 is 11.1 Å². The van der Waals surface area contributed by atoms with Gasteiger partial charge in [-0.1, -0.05) is 6.07 Å². The molecule has 0 fully saturated rings. The first-order valence-electron chi connectivity index (χ1n) is 4.52. The maximum atomic E-state index is 12.9. The molecule has 0 saturated heterocycles. The van der Waals surface area contributed by atoms with Gasteiger partial charge in [-0.2, -0.15) is 5.10 Å². The summed E-state index contributed by atoms with van der Waals surface area (Å²) < 4.78 is 12.9. The van der Waals surface area contributed by atoms with Gasteiger partial charge in [-0.25, -0.2) is 4.39 Å². The van der Waals surface area contributed by atoms with Crippen molar-refractivity contribution in [2.45, 2.75) is 0 Å². The Morgan fingerprint density at radius 3 is 2.94 bits per heavy atom. The quantitative estimate of drug-likeness (QED) is 0.714. The van der Waals surface area contributed by atoms with E-state index in [0.29, 0.717) is 11.5 Å². The van der Waals surface area contributed by atoms with Gasteiger partial charge in [0.15, 0.2) is 5.82 Å². The van der Waals surface area contributed by atoms with Gasteiger partial charge in [0, 0.05) is 5.56 Å². The number of amides is 1. The topological polar surface area (TPSA) is 83.8 Å². The molecule has 0 radical (unpaired) electrons. The molecule has 0 aliphatic rings. The molecule has 1 aromatic heterocycles. The van der Waals surface area contributed by atoms with Gasteiger partial charge in [-0.05, 0) is 18.2 Å². The van der Waals surface area contributed by atoms with Crippen LogP contribution >= 0.6 is 0 Å². The van der Waals surface area contributed by atoms with E-state index in [1.165, 1.54) is 24.4 Å². The van der Waals surface area contributed by atoms with Crippen molar-refractivity contribution in [3.8, 4) is 0 Å². The summed E-state index contributed by atoms with van der Waals surface area (Å²) in [6.07, 6.45) is 1.38. The lowest BCUT2D eigenvalue weighted by Gasteiger charge is -2.03. The number of nitrogen functional groups attached to an aromatic ring is 1. The number of nitrogens with zero attached hydrogens (tertiary/aromatic N) is 1. The van der Waals surface area contributed by atoms with Crippen LogP contribution in [-0.2, 0) is 0 Å². The number of nitrogens with two attached hydrogens (primary N) is 1. The number of carbonyl (C=O) groups is 1. The van der Waals surface area contributed by atoms with E-state index < -0.39 is 11.7 Å². The average molecular weight is 220 g/mol. The molecule has 2 aromatic rings. The number of H-pyrrole nitrogens is 1. The molecule has 0 atom stereocenters. The minimum Gasteiger partial charge on any atom is -0.394 e. The van der Waals surface area contributed by atoms with Crippen molar-refractivity contribution in [2.75, 3.05) is 11.1 Å². The van der Waals surface area contributed by atoms with Gasteiger partial charge >= 0.3 is 0 Å². The highest BCUT2D eigenvalue weighted by Gasteiger charge is 2.09. The van der Waals surface area contributed by atoms with Crippen molar-refractivity contribution in [1.82, 2.24) is 10.2 Å². The fraction of sp³-hybridized carbons (Fsp3) is 0. The van der Waals surface area contributed by atoms with E-state index in [0.717, 1.165) is 6.07 Å². The Bertz CT molecular complexity index is 523. The number of hydrogen-bond acceptors (Lipinski definition) is 3. The smallest absolute Gasteiger partial charge is 0.256 e. The normalized spacial score (nSPS) is 10.1. The molecule has 6 heteroatoms. The molecule has 16 heavy (non-hydrogen) atoms. The van der Waals surface area contributed by atoms with E-state index in [1.54, 1.807) is 0 Å². The van der Waals surface area contributed by atoms with Crippen LogP contribution in [0, 0.1) is 5.82 Å². The van der Waals surface area contributed by atoms with Gasteiger partial charge in [0.2, 0.25) is 0 Å². The summed E-state index contributed by atoms with van der Waals surface area (Å²) in [5, 5.41) is 8.65. The lowest BCUT2D eigenvalue weighted by Crippen LogP contribution is -2.13. The first kappa shape index (κ1) is 10.2. The van der Waals surface area contributed by atoms with Crippen LogP contribution in [0.25, 0.3) is 0 Å². The number of benzene rings is 1. The second-order valence-corrected chi connectivity index (χ2v) is 3.16. The Kier molecular flexibility index (Phi) is 2.55. The number of carbonyl (C=O) groups excluding carboxylic acids is 1. The molecule has 0 saturated carbocycles. The molecule has 4 N–H and O–H groups in total. The molecular formula is C10H9FN4O. The van der Waals surface area contributed by atoms with Crippen molar-refractivity contribution in [1.29, 1.82) is 0 Å². The molecule has 1 heterocycles. The van der Waals surface area contributed by atoms with Gasteiger partial charge in [0.05, 0.1) is 11.9 Å². The third-order valence-electron chi connectivity index (χ3n) is 1.99. The van der Waals surface area contributed by atoms with Crippen LogP contribution < -0.4 is 11.1 Å². The lowest BCUT2D eigenvalue weighted by molar-refractivity contribution is 0.102. The Hall–Kier alpha value is -2.37. The highest BCUT2D eigenvalue weighted by atomic mass is 19.1. The Balaban J connectivity index is 2.18. The molecule has 0 unspecified atom stereocenters. The number of nitrogens with one attached hydrogen (secondary N) is 2. The van der Waals surface area contributed by atoms with Crippen molar-refractivity contribution in [2.24, 2.45) is 0 Å². The number of halogens is 1. The van der Waals surface area contributed by atoms with Gasteiger partial charge in [-0.3, -0.25) is 9.89 Å². The van der Waals surface area contributed by atoms with Gasteiger partial charge in [-0.15, -0.1) is 0 Å². The Morgan fingerprint density at radius 1 is 1.50 bits per heavy atom. The molecule has 0 aliphatic carbocycles. The van der Waals surface area contributed by atoms with E-state index in [1.807, 2.05) is 0 Å². The van der Waals surface area contributed by atoms with Crippen LogP contribution in [0.4, 0.5) is 15.9 Å². The fourth-order valence-corrected chi connectivity index (χ4v) is 1.21. The number of anilines is 2. The summed E-state index contributed by atoms with van der Waals surface area (Å²) >= 11 is 0. The van der Waals surface area contributed by atoms with E-state index in [-0.39, 0.29) is 5.56 Å². The maximum absolute atomic E-state index is 12.9. The highest BCUT2D eigenvalue weighted by Crippen LogP contribution is 2.14. The first-order chi connectivity index (χ1) is 7.66. The number of aromatic nitrogens is 2. The fourth-order valence-electron chi connectivity index (χ4n) is 1.21.